The molecule has 0 aliphatic heterocycles. The first-order valence-electron chi connectivity index (χ1n) is 5.97. The highest BCUT2D eigenvalue weighted by Gasteiger charge is 2.20. The fraction of sp³-hybridized carbons (Fsp3) is 0.0667. The summed E-state index contributed by atoms with van der Waals surface area (Å²) in [5.41, 5.74) is -0.0765. The van der Waals surface area contributed by atoms with Crippen LogP contribution in [0.4, 0.5) is 4.39 Å². The molecule has 0 saturated carbocycles. The maximum Gasteiger partial charge on any atom is 0.170 e. The average Bonchev–Trinajstić information content (AvgIpc) is 2.42. The number of hydrogen-bond acceptors (Lipinski definition) is 3. The monoisotopic (exact) mass is 635 g/mol. The van der Waals surface area contributed by atoms with Crippen molar-refractivity contribution in [1.82, 2.24) is 0 Å². The van der Waals surface area contributed by atoms with Gasteiger partial charge in [0.25, 0.3) is 0 Å². The molecule has 0 amide bonds. The molecule has 0 atom stereocenters. The van der Waals surface area contributed by atoms with Gasteiger partial charge in [-0.15, -0.1) is 0 Å². The van der Waals surface area contributed by atoms with Crippen molar-refractivity contribution >= 4 is 79.5 Å². The van der Waals surface area contributed by atoms with E-state index < -0.39 is 28.7 Å². The number of carbonyl (C=O) groups excluding carboxylic acids is 2. The first-order chi connectivity index (χ1) is 10.3. The molecule has 0 fully saturated rings. The summed E-state index contributed by atoms with van der Waals surface area (Å²) in [6.07, 6.45) is -0.0608. The van der Waals surface area contributed by atoms with Crippen molar-refractivity contribution in [1.29, 1.82) is 0 Å². The Labute approximate surface area is 167 Å². The maximum atomic E-state index is 13.9. The Morgan fingerprint density at radius 2 is 1.68 bits per heavy atom. The lowest BCUT2D eigenvalue weighted by Gasteiger charge is -2.12. The fourth-order valence-corrected chi connectivity index (χ4v) is 5.93. The number of benzene rings is 2. The van der Waals surface area contributed by atoms with Crippen LogP contribution >= 0.6 is 67.8 Å². The molecule has 0 radical (unpaired) electrons. The Kier molecular flexibility index (Phi) is 6.16. The summed E-state index contributed by atoms with van der Waals surface area (Å²) in [4.78, 5) is 23.5. The number of carboxylic acids is 1. The number of halogens is 4. The highest BCUT2D eigenvalue weighted by Crippen LogP contribution is 2.25. The van der Waals surface area contributed by atoms with Gasteiger partial charge in [0.1, 0.15) is 5.82 Å². The number of hydrogen-bond donors (Lipinski definition) is 0. The molecule has 2 aromatic carbocycles. The van der Waals surface area contributed by atoms with Crippen LogP contribution in [0.15, 0.2) is 30.3 Å². The molecule has 0 spiro atoms. The van der Waals surface area contributed by atoms with Crippen LogP contribution in [0.5, 0.6) is 0 Å². The summed E-state index contributed by atoms with van der Waals surface area (Å²) in [7, 11) is 0. The predicted molar refractivity (Wildman–Crippen MR) is 103 cm³/mol. The van der Waals surface area contributed by atoms with Gasteiger partial charge in [-0.2, -0.15) is 0 Å². The van der Waals surface area contributed by atoms with Gasteiger partial charge in [-0.25, -0.2) is 4.39 Å². The van der Waals surface area contributed by atoms with Gasteiger partial charge in [-0.1, -0.05) is 12.1 Å². The van der Waals surface area contributed by atoms with Gasteiger partial charge in [-0.05, 0) is 91.5 Å². The zero-order valence-corrected chi connectivity index (χ0v) is 17.3. The molecule has 0 N–H and O–H groups in total. The maximum absolute atomic E-state index is 13.9. The molecule has 0 heterocycles. The molecule has 0 saturated heterocycles. The second kappa shape index (κ2) is 7.51. The molecule has 22 heavy (non-hydrogen) atoms. The molecule has 0 aliphatic rings. The van der Waals surface area contributed by atoms with E-state index in [2.05, 4.69) is 67.8 Å². The molecule has 2 aromatic rings. The minimum atomic E-state index is -1.56. The second-order valence-corrected chi connectivity index (χ2v) is 7.97. The van der Waals surface area contributed by atoms with Crippen molar-refractivity contribution in [2.75, 3.05) is 0 Å². The van der Waals surface area contributed by atoms with Crippen molar-refractivity contribution in [2.24, 2.45) is 0 Å². The number of rotatable bonds is 4. The highest BCUT2D eigenvalue weighted by atomic mass is 127. The summed E-state index contributed by atoms with van der Waals surface area (Å²) in [5.74, 6) is -2.98. The lowest BCUT2D eigenvalue weighted by atomic mass is 9.98. The van der Waals surface area contributed by atoms with Crippen molar-refractivity contribution in [3.8, 4) is 0 Å². The number of carbonyl (C=O) groups is 2. The Bertz CT molecular complexity index is 752. The Hall–Kier alpha value is -0.300. The first-order valence-corrected chi connectivity index (χ1v) is 9.21. The van der Waals surface area contributed by atoms with Gasteiger partial charge in [0.2, 0.25) is 0 Å². The van der Waals surface area contributed by atoms with Crippen LogP contribution in [0, 0.1) is 16.5 Å². The minimum Gasteiger partial charge on any atom is -0.545 e. The van der Waals surface area contributed by atoms with E-state index in [0.29, 0.717) is 0 Å². The molecule has 0 aromatic heterocycles. The second-order valence-electron chi connectivity index (χ2n) is 4.40. The van der Waals surface area contributed by atoms with E-state index in [1.807, 2.05) is 12.1 Å². The summed E-state index contributed by atoms with van der Waals surface area (Å²) in [6.45, 7) is 0. The fourth-order valence-electron chi connectivity index (χ4n) is 1.97. The van der Waals surface area contributed by atoms with Crippen LogP contribution in [-0.4, -0.2) is 11.8 Å². The van der Waals surface area contributed by atoms with Gasteiger partial charge in [0.15, 0.2) is 5.78 Å². The van der Waals surface area contributed by atoms with Gasteiger partial charge >= 0.3 is 0 Å². The quantitative estimate of drug-likeness (QED) is 0.383. The van der Waals surface area contributed by atoms with Crippen LogP contribution in [0.3, 0.4) is 0 Å². The van der Waals surface area contributed by atoms with E-state index in [4.69, 9.17) is 0 Å². The van der Waals surface area contributed by atoms with Crippen molar-refractivity contribution < 1.29 is 19.1 Å². The summed E-state index contributed by atoms with van der Waals surface area (Å²) in [6, 6.07) is 7.31. The van der Waals surface area contributed by atoms with Crippen LogP contribution in [0.2, 0.25) is 0 Å². The van der Waals surface area contributed by atoms with E-state index in [1.165, 1.54) is 12.1 Å². The standard InChI is InChI=1S/C15H8FI3O3/c16-10-3-1-2-8(15(21)22)14(10)13(20)6-9-11(18)4-7(17)5-12(9)19/h1-5H,6H2,(H,21,22)/p-1. The molecular weight excluding hydrogens is 628 g/mol. The van der Waals surface area contributed by atoms with E-state index in [-0.39, 0.29) is 6.42 Å². The molecule has 114 valence electrons. The third-order valence-electron chi connectivity index (χ3n) is 2.96. The highest BCUT2D eigenvalue weighted by molar-refractivity contribution is 14.1. The summed E-state index contributed by atoms with van der Waals surface area (Å²) in [5, 5.41) is 11.1. The molecule has 2 rings (SSSR count). The van der Waals surface area contributed by atoms with Crippen molar-refractivity contribution in [3.63, 3.8) is 0 Å². The molecular formula is C15H7FI3O3-. The Balaban J connectivity index is 2.45. The summed E-state index contributed by atoms with van der Waals surface area (Å²) < 4.78 is 16.7. The SMILES string of the molecule is O=C([O-])c1cccc(F)c1C(=O)Cc1c(I)cc(I)cc1I. The normalized spacial score (nSPS) is 10.5. The Morgan fingerprint density at radius 1 is 1.09 bits per heavy atom. The van der Waals surface area contributed by atoms with Crippen LogP contribution in [0.25, 0.3) is 0 Å². The number of carboxylic acid groups (broad SMARTS) is 1. The van der Waals surface area contributed by atoms with E-state index in [0.717, 1.165) is 22.3 Å². The zero-order valence-electron chi connectivity index (χ0n) is 10.8. The molecule has 0 bridgehead atoms. The van der Waals surface area contributed by atoms with Crippen molar-refractivity contribution in [3.05, 3.63) is 63.5 Å². The Morgan fingerprint density at radius 3 is 2.23 bits per heavy atom. The van der Waals surface area contributed by atoms with Gasteiger partial charge in [0.05, 0.1) is 11.5 Å². The lowest BCUT2D eigenvalue weighted by Crippen LogP contribution is -2.26. The third kappa shape index (κ3) is 3.96. The third-order valence-corrected chi connectivity index (χ3v) is 5.50. The largest absolute Gasteiger partial charge is 0.545 e. The lowest BCUT2D eigenvalue weighted by molar-refractivity contribution is -0.255. The van der Waals surface area contributed by atoms with E-state index in [1.54, 1.807) is 0 Å². The average molecular weight is 635 g/mol. The van der Waals surface area contributed by atoms with Gasteiger partial charge in [0, 0.05) is 22.7 Å². The van der Waals surface area contributed by atoms with E-state index >= 15 is 0 Å². The molecule has 7 heteroatoms. The van der Waals surface area contributed by atoms with Crippen LogP contribution < -0.4 is 5.11 Å². The smallest absolute Gasteiger partial charge is 0.170 e. The number of aromatic carboxylic acids is 1. The molecule has 0 aliphatic carbocycles. The topological polar surface area (TPSA) is 57.2 Å². The number of Topliss-reactive ketones (excluding diaryl/α,β-unsaturated/α-hetero) is 1. The van der Waals surface area contributed by atoms with Crippen LogP contribution in [0.1, 0.15) is 26.3 Å². The first kappa shape index (κ1) is 18.0. The minimum absolute atomic E-state index is 0.0608. The van der Waals surface area contributed by atoms with Crippen LogP contribution in [-0.2, 0) is 6.42 Å². The van der Waals surface area contributed by atoms with Crippen molar-refractivity contribution in [2.45, 2.75) is 6.42 Å². The predicted octanol–water partition coefficient (Wildman–Crippen LogP) is 3.43. The molecule has 0 unspecified atom stereocenters. The molecule has 3 nitrogen and oxygen atoms in total. The summed E-state index contributed by atoms with van der Waals surface area (Å²) >= 11 is 6.39. The zero-order chi connectivity index (χ0) is 16.4. The van der Waals surface area contributed by atoms with E-state index in [9.17, 15) is 19.1 Å². The number of ketones is 1. The van der Waals surface area contributed by atoms with Gasteiger partial charge < -0.3 is 9.90 Å². The van der Waals surface area contributed by atoms with Gasteiger partial charge in [-0.3, -0.25) is 4.79 Å².